The van der Waals surface area contributed by atoms with Gasteiger partial charge in [0.1, 0.15) is 0 Å². The van der Waals surface area contributed by atoms with E-state index in [9.17, 15) is 4.39 Å². The highest BCUT2D eigenvalue weighted by Gasteiger charge is 2.06. The highest BCUT2D eigenvalue weighted by molar-refractivity contribution is 5.10. The van der Waals surface area contributed by atoms with Crippen LogP contribution in [0.2, 0.25) is 0 Å². The van der Waals surface area contributed by atoms with E-state index in [2.05, 4.69) is 11.0 Å². The Bertz CT molecular complexity index is 216. The Labute approximate surface area is 90.3 Å². The molecule has 0 saturated carbocycles. The summed E-state index contributed by atoms with van der Waals surface area (Å²) in [6, 6.07) is 0. The lowest BCUT2D eigenvalue weighted by molar-refractivity contribution is 0.251. The average Bonchev–Trinajstić information content (AvgIpc) is 2.25. The molecule has 1 saturated heterocycles. The zero-order chi connectivity index (χ0) is 10.1. The van der Waals surface area contributed by atoms with Crippen molar-refractivity contribution in [2.24, 2.45) is 0 Å². The van der Waals surface area contributed by atoms with E-state index in [1.165, 1.54) is 38.4 Å². The molecule has 15 heavy (non-hydrogen) atoms. The van der Waals surface area contributed by atoms with Crippen LogP contribution in [-0.4, -0.2) is 24.5 Å². The van der Waals surface area contributed by atoms with Crippen molar-refractivity contribution in [2.75, 3.05) is 19.6 Å². The molecule has 0 aromatic heterocycles. The minimum Gasteiger partial charge on any atom is -0.300 e. The number of nitrogens with zero attached hydrogens (tertiary/aromatic N) is 1. The normalized spacial score (nSPS) is 19.0. The van der Waals surface area contributed by atoms with Crippen molar-refractivity contribution in [1.82, 2.24) is 4.90 Å². The predicted molar refractivity (Wildman–Crippen MR) is 61.3 cm³/mol. The van der Waals surface area contributed by atoms with Gasteiger partial charge in [-0.25, -0.2) is 4.39 Å². The molecule has 0 aromatic rings. The summed E-state index contributed by atoms with van der Waals surface area (Å²) < 4.78 is 11.5. The van der Waals surface area contributed by atoms with Gasteiger partial charge in [-0.3, -0.25) is 9.60 Å². The number of piperidine rings is 1. The summed E-state index contributed by atoms with van der Waals surface area (Å²) in [6.45, 7) is 3.46. The molecule has 0 aliphatic carbocycles. The summed E-state index contributed by atoms with van der Waals surface area (Å²) in [6.07, 6.45) is 13.6. The van der Waals surface area contributed by atoms with E-state index in [1.807, 2.05) is 12.2 Å². The summed E-state index contributed by atoms with van der Waals surface area (Å²) >= 11 is 0. The number of hydrogen-bond acceptors (Lipinski definition) is 1. The van der Waals surface area contributed by atoms with Gasteiger partial charge in [0.15, 0.2) is 0 Å². The van der Waals surface area contributed by atoms with Gasteiger partial charge in [0.25, 0.3) is 0 Å². The molecule has 1 aliphatic rings. The molecule has 1 fully saturated rings. The van der Waals surface area contributed by atoms with Crippen molar-refractivity contribution in [1.29, 1.82) is 0 Å². The van der Waals surface area contributed by atoms with Crippen LogP contribution < -0.4 is 0 Å². The fraction of sp³-hybridized carbons (Fsp3) is 0.500. The molecule has 1 aliphatic heterocycles. The Morgan fingerprint density at radius 1 is 0.933 bits per heavy atom. The van der Waals surface area contributed by atoms with Crippen LogP contribution in [0.1, 0.15) is 19.3 Å². The third-order valence-corrected chi connectivity index (χ3v) is 2.35. The molecule has 86 valence electrons. The van der Waals surface area contributed by atoms with Gasteiger partial charge in [-0.05, 0) is 32.0 Å². The summed E-state index contributed by atoms with van der Waals surface area (Å²) in [5, 5.41) is 0. The van der Waals surface area contributed by atoms with Gasteiger partial charge in [-0.1, -0.05) is 30.7 Å². The van der Waals surface area contributed by atoms with E-state index in [0.717, 1.165) is 6.54 Å². The summed E-state index contributed by atoms with van der Waals surface area (Å²) in [5.41, 5.74) is 0. The number of hydrogen-bond donors (Lipinski definition) is 0. The van der Waals surface area contributed by atoms with E-state index in [1.54, 1.807) is 6.08 Å². The van der Waals surface area contributed by atoms with Gasteiger partial charge >= 0.3 is 0 Å². The van der Waals surface area contributed by atoms with Crippen LogP contribution in [0, 0.1) is 0 Å². The van der Waals surface area contributed by atoms with Crippen molar-refractivity contribution in [3.8, 4) is 0 Å². The molecule has 0 bridgehead atoms. The molecular formula is C12H19F2N. The summed E-state index contributed by atoms with van der Waals surface area (Å²) in [7, 11) is 0. The highest BCUT2D eigenvalue weighted by atomic mass is 19.1. The predicted octanol–water partition coefficient (Wildman–Crippen LogP) is 3.22. The first-order chi connectivity index (χ1) is 6.93. The zero-order valence-electron chi connectivity index (χ0n) is 8.94. The van der Waals surface area contributed by atoms with Crippen LogP contribution >= 0.6 is 0 Å². The lowest BCUT2D eigenvalue weighted by atomic mass is 10.1. The molecule has 0 unspecified atom stereocenters. The van der Waals surface area contributed by atoms with Crippen LogP contribution in [-0.2, 0) is 0 Å². The fourth-order valence-corrected chi connectivity index (χ4v) is 1.60. The van der Waals surface area contributed by atoms with Gasteiger partial charge in [0, 0.05) is 6.54 Å². The lowest BCUT2D eigenvalue weighted by Gasteiger charge is -2.24. The van der Waals surface area contributed by atoms with Crippen LogP contribution in [0.5, 0.6) is 0 Å². The van der Waals surface area contributed by atoms with Crippen LogP contribution in [0.4, 0.5) is 9.09 Å². The molecule has 1 heterocycles. The van der Waals surface area contributed by atoms with E-state index in [0.29, 0.717) is 6.33 Å². The third-order valence-electron chi connectivity index (χ3n) is 2.35. The number of halogens is 2. The Morgan fingerprint density at radius 3 is 2.27 bits per heavy atom. The maximum atomic E-state index is 11.5. The maximum Gasteiger partial charge on any atom is 0.0866 e. The number of likely N-dealkylation sites (tertiary alicyclic amines) is 1. The molecule has 0 amide bonds. The van der Waals surface area contributed by atoms with E-state index >= 15 is 0 Å². The monoisotopic (exact) mass is 215 g/mol. The quantitative estimate of drug-likeness (QED) is 0.651. The maximum absolute atomic E-state index is 11.5. The highest BCUT2D eigenvalue weighted by Crippen LogP contribution is 2.07. The second kappa shape index (κ2) is 9.59. The van der Waals surface area contributed by atoms with Gasteiger partial charge in [-0.2, -0.15) is 0 Å². The van der Waals surface area contributed by atoms with Crippen molar-refractivity contribution in [3.63, 3.8) is 0 Å². The van der Waals surface area contributed by atoms with E-state index < -0.39 is 0 Å². The lowest BCUT2D eigenvalue weighted by Crippen LogP contribution is -2.29. The first kappa shape index (κ1) is 14.0. The molecule has 3 heteroatoms. The van der Waals surface area contributed by atoms with E-state index in [4.69, 9.17) is 0 Å². The molecule has 0 atom stereocenters. The molecule has 1 rings (SSSR count). The van der Waals surface area contributed by atoms with Crippen molar-refractivity contribution in [3.05, 3.63) is 36.7 Å². The smallest absolute Gasteiger partial charge is 0.0866 e. The Morgan fingerprint density at radius 2 is 1.60 bits per heavy atom. The molecule has 1 nitrogen and oxygen atoms in total. The van der Waals surface area contributed by atoms with Crippen LogP contribution in [0.15, 0.2) is 36.7 Å². The Hall–Kier alpha value is -0.960. The largest absolute Gasteiger partial charge is 0.300 e. The molecule has 0 N–H and O–H groups in total. The van der Waals surface area contributed by atoms with E-state index in [-0.39, 0.29) is 4.70 Å². The third kappa shape index (κ3) is 7.03. The standard InChI is InChI=1S/C12H18FN.FH/c13-9-5-2-1-3-6-10-14-11-7-4-8-12-14;/h1-3,5-6,9H,4,7-8,10-12H2;1H/b2-1-,6-3+,9-5+;. The van der Waals surface area contributed by atoms with Gasteiger partial charge in [-0.15, -0.1) is 0 Å². The Balaban J connectivity index is 0.00000196. The number of rotatable bonds is 4. The molecule has 0 radical (unpaired) electrons. The van der Waals surface area contributed by atoms with Crippen molar-refractivity contribution in [2.45, 2.75) is 19.3 Å². The minimum atomic E-state index is 0. The topological polar surface area (TPSA) is 3.24 Å². The van der Waals surface area contributed by atoms with Crippen LogP contribution in [0.25, 0.3) is 0 Å². The molecule has 0 aromatic carbocycles. The van der Waals surface area contributed by atoms with Gasteiger partial charge in [0.2, 0.25) is 0 Å². The van der Waals surface area contributed by atoms with Gasteiger partial charge < -0.3 is 0 Å². The average molecular weight is 215 g/mol. The summed E-state index contributed by atoms with van der Waals surface area (Å²) in [4.78, 5) is 2.44. The van der Waals surface area contributed by atoms with Crippen molar-refractivity contribution < 1.29 is 9.09 Å². The molecular weight excluding hydrogens is 196 g/mol. The first-order valence-corrected chi connectivity index (χ1v) is 5.24. The SMILES string of the molecule is F.F/C=C/C=C\C=C\CN1CCCCC1. The Kier molecular flexibility index (Phi) is 8.98. The van der Waals surface area contributed by atoms with Gasteiger partial charge in [0.05, 0.1) is 6.33 Å². The zero-order valence-corrected chi connectivity index (χ0v) is 8.94. The minimum absolute atomic E-state index is 0. The number of allylic oxidation sites excluding steroid dienone is 4. The first-order valence-electron chi connectivity index (χ1n) is 5.24. The van der Waals surface area contributed by atoms with Crippen molar-refractivity contribution >= 4 is 0 Å². The second-order valence-corrected chi connectivity index (χ2v) is 3.49. The molecule has 0 spiro atoms. The summed E-state index contributed by atoms with van der Waals surface area (Å²) in [5.74, 6) is 0. The van der Waals surface area contributed by atoms with Crippen LogP contribution in [0.3, 0.4) is 0 Å². The fourth-order valence-electron chi connectivity index (χ4n) is 1.60. The second-order valence-electron chi connectivity index (χ2n) is 3.49.